The molecule has 0 fully saturated rings. The van der Waals surface area contributed by atoms with E-state index in [1.165, 1.54) is 12.1 Å². The highest BCUT2D eigenvalue weighted by Gasteiger charge is 2.16. The molecule has 0 aliphatic heterocycles. The van der Waals surface area contributed by atoms with Crippen LogP contribution in [0.15, 0.2) is 29.2 Å². The molecule has 0 saturated carbocycles. The Balaban J connectivity index is 2.89. The third kappa shape index (κ3) is 3.60. The number of nitrogens with one attached hydrogen (secondary N) is 1. The van der Waals surface area contributed by atoms with Crippen LogP contribution in [0, 0.1) is 23.2 Å². The minimum atomic E-state index is -3.62. The number of nitrogens with zero attached hydrogens (tertiary/aromatic N) is 1. The highest BCUT2D eigenvalue weighted by Crippen LogP contribution is 2.13. The number of benzene rings is 1. The molecular formula is C12H12N2O2S. The fourth-order valence-corrected chi connectivity index (χ4v) is 2.43. The number of nitriles is 1. The molecule has 5 heteroatoms. The van der Waals surface area contributed by atoms with E-state index in [0.717, 1.165) is 0 Å². The maximum absolute atomic E-state index is 11.9. The van der Waals surface area contributed by atoms with E-state index in [4.69, 9.17) is 5.26 Å². The Bertz CT molecular complexity index is 589. The van der Waals surface area contributed by atoms with Gasteiger partial charge >= 0.3 is 0 Å². The van der Waals surface area contributed by atoms with Crippen molar-refractivity contribution in [3.05, 3.63) is 29.8 Å². The molecular weight excluding hydrogens is 236 g/mol. The van der Waals surface area contributed by atoms with Crippen LogP contribution in [0.4, 0.5) is 0 Å². The van der Waals surface area contributed by atoms with Gasteiger partial charge in [-0.05, 0) is 19.1 Å². The van der Waals surface area contributed by atoms with E-state index in [1.54, 1.807) is 19.1 Å². The van der Waals surface area contributed by atoms with Gasteiger partial charge in [0.15, 0.2) is 0 Å². The number of hydrogen-bond donors (Lipinski definition) is 1. The first-order chi connectivity index (χ1) is 8.11. The average molecular weight is 248 g/mol. The standard InChI is InChI=1S/C12H12N2O2S/c1-2-3-6-9-14-17(15,16)12-8-5-4-7-11(12)10-13/h4-5,7-8,14H,6,9H2,1H3. The Morgan fingerprint density at radius 1 is 1.35 bits per heavy atom. The summed E-state index contributed by atoms with van der Waals surface area (Å²) in [6, 6.07) is 7.95. The molecule has 1 N–H and O–H groups in total. The Kier molecular flexibility index (Phi) is 4.71. The van der Waals surface area contributed by atoms with Gasteiger partial charge in [-0.1, -0.05) is 12.1 Å². The minimum absolute atomic E-state index is 0.00644. The van der Waals surface area contributed by atoms with Gasteiger partial charge in [0.2, 0.25) is 10.0 Å². The summed E-state index contributed by atoms with van der Waals surface area (Å²) >= 11 is 0. The Morgan fingerprint density at radius 2 is 2.06 bits per heavy atom. The monoisotopic (exact) mass is 248 g/mol. The molecule has 0 aliphatic carbocycles. The third-order valence-electron chi connectivity index (χ3n) is 2.02. The van der Waals surface area contributed by atoms with E-state index < -0.39 is 10.0 Å². The van der Waals surface area contributed by atoms with Crippen molar-refractivity contribution in [2.24, 2.45) is 0 Å². The van der Waals surface area contributed by atoms with Gasteiger partial charge in [0.1, 0.15) is 6.07 Å². The molecule has 88 valence electrons. The zero-order valence-electron chi connectivity index (χ0n) is 9.40. The average Bonchev–Trinajstić information content (AvgIpc) is 2.34. The van der Waals surface area contributed by atoms with E-state index in [1.807, 2.05) is 6.07 Å². The number of sulfonamides is 1. The zero-order chi connectivity index (χ0) is 12.7. The van der Waals surface area contributed by atoms with E-state index >= 15 is 0 Å². The molecule has 1 aromatic rings. The molecule has 0 radical (unpaired) electrons. The van der Waals surface area contributed by atoms with Gasteiger partial charge in [0, 0.05) is 13.0 Å². The van der Waals surface area contributed by atoms with Crippen LogP contribution in [0.5, 0.6) is 0 Å². The Hall–Kier alpha value is -1.82. The molecule has 1 rings (SSSR count). The maximum atomic E-state index is 11.9. The lowest BCUT2D eigenvalue weighted by Gasteiger charge is -2.06. The molecule has 0 atom stereocenters. The van der Waals surface area contributed by atoms with Crippen LogP contribution in [0.25, 0.3) is 0 Å². The summed E-state index contributed by atoms with van der Waals surface area (Å²) in [5.74, 6) is 5.44. The first-order valence-corrected chi connectivity index (χ1v) is 6.48. The second-order valence-electron chi connectivity index (χ2n) is 3.18. The van der Waals surface area contributed by atoms with E-state index in [9.17, 15) is 8.42 Å². The molecule has 0 aromatic heterocycles. The van der Waals surface area contributed by atoms with Crippen LogP contribution >= 0.6 is 0 Å². The fourth-order valence-electron chi connectivity index (χ4n) is 1.24. The molecule has 0 aliphatic rings. The molecule has 0 amide bonds. The van der Waals surface area contributed by atoms with E-state index in [0.29, 0.717) is 6.42 Å². The lowest BCUT2D eigenvalue weighted by Crippen LogP contribution is -2.25. The van der Waals surface area contributed by atoms with E-state index in [2.05, 4.69) is 16.6 Å². The summed E-state index contributed by atoms with van der Waals surface area (Å²) in [7, 11) is -3.62. The molecule has 0 bridgehead atoms. The molecule has 1 aromatic carbocycles. The highest BCUT2D eigenvalue weighted by atomic mass is 32.2. The lowest BCUT2D eigenvalue weighted by atomic mass is 10.2. The van der Waals surface area contributed by atoms with Crippen molar-refractivity contribution in [2.75, 3.05) is 6.54 Å². The highest BCUT2D eigenvalue weighted by molar-refractivity contribution is 7.89. The molecule has 17 heavy (non-hydrogen) atoms. The molecule has 0 saturated heterocycles. The predicted octanol–water partition coefficient (Wildman–Crippen LogP) is 1.25. The molecule has 4 nitrogen and oxygen atoms in total. The molecule has 0 spiro atoms. The summed E-state index contributed by atoms with van der Waals surface area (Å²) in [5.41, 5.74) is 0.140. The summed E-state index contributed by atoms with van der Waals surface area (Å²) in [6.45, 7) is 1.93. The van der Waals surface area contributed by atoms with Crippen molar-refractivity contribution >= 4 is 10.0 Å². The Morgan fingerprint density at radius 3 is 2.71 bits per heavy atom. The van der Waals surface area contributed by atoms with Crippen LogP contribution < -0.4 is 4.72 Å². The van der Waals surface area contributed by atoms with Gasteiger partial charge in [-0.2, -0.15) is 5.26 Å². The van der Waals surface area contributed by atoms with Crippen LogP contribution in [-0.2, 0) is 10.0 Å². The normalized spacial score (nSPS) is 10.1. The summed E-state index contributed by atoms with van der Waals surface area (Å²) < 4.78 is 26.1. The SMILES string of the molecule is CC#CCCNS(=O)(=O)c1ccccc1C#N. The van der Waals surface area contributed by atoms with Crippen LogP contribution in [0.1, 0.15) is 18.9 Å². The van der Waals surface area contributed by atoms with Crippen molar-refractivity contribution in [3.63, 3.8) is 0 Å². The zero-order valence-corrected chi connectivity index (χ0v) is 10.2. The second kappa shape index (κ2) is 6.05. The summed E-state index contributed by atoms with van der Waals surface area (Å²) in [5, 5.41) is 8.83. The van der Waals surface area contributed by atoms with Gasteiger partial charge in [-0.15, -0.1) is 11.8 Å². The number of rotatable bonds is 4. The third-order valence-corrected chi connectivity index (χ3v) is 3.54. The lowest BCUT2D eigenvalue weighted by molar-refractivity contribution is 0.582. The second-order valence-corrected chi connectivity index (χ2v) is 4.92. The summed E-state index contributed by atoms with van der Waals surface area (Å²) in [6.07, 6.45) is 0.449. The van der Waals surface area contributed by atoms with E-state index in [-0.39, 0.29) is 17.0 Å². The smallest absolute Gasteiger partial charge is 0.210 e. The van der Waals surface area contributed by atoms with Gasteiger partial charge in [0.25, 0.3) is 0 Å². The molecule has 0 heterocycles. The first-order valence-electron chi connectivity index (χ1n) is 5.00. The van der Waals surface area contributed by atoms with Crippen LogP contribution in [-0.4, -0.2) is 15.0 Å². The topological polar surface area (TPSA) is 70.0 Å². The minimum Gasteiger partial charge on any atom is -0.210 e. The first kappa shape index (κ1) is 13.2. The largest absolute Gasteiger partial charge is 0.241 e. The van der Waals surface area contributed by atoms with Crippen LogP contribution in [0.3, 0.4) is 0 Å². The van der Waals surface area contributed by atoms with Gasteiger partial charge < -0.3 is 0 Å². The van der Waals surface area contributed by atoms with Crippen molar-refractivity contribution in [1.82, 2.24) is 4.72 Å². The predicted molar refractivity (Wildman–Crippen MR) is 64.4 cm³/mol. The van der Waals surface area contributed by atoms with Gasteiger partial charge in [0.05, 0.1) is 10.5 Å². The fraction of sp³-hybridized carbons (Fsp3) is 0.250. The van der Waals surface area contributed by atoms with Gasteiger partial charge in [-0.25, -0.2) is 13.1 Å². The van der Waals surface area contributed by atoms with Crippen LogP contribution in [0.2, 0.25) is 0 Å². The van der Waals surface area contributed by atoms with Gasteiger partial charge in [-0.3, -0.25) is 0 Å². The quantitative estimate of drug-likeness (QED) is 0.644. The van der Waals surface area contributed by atoms with Crippen molar-refractivity contribution in [3.8, 4) is 17.9 Å². The van der Waals surface area contributed by atoms with Crippen molar-refractivity contribution in [1.29, 1.82) is 5.26 Å². The summed E-state index contributed by atoms with van der Waals surface area (Å²) in [4.78, 5) is 0.00644. The van der Waals surface area contributed by atoms with Crippen molar-refractivity contribution < 1.29 is 8.42 Å². The maximum Gasteiger partial charge on any atom is 0.241 e. The van der Waals surface area contributed by atoms with Crippen molar-refractivity contribution in [2.45, 2.75) is 18.2 Å². The molecule has 0 unspecified atom stereocenters. The Labute approximate surface area is 101 Å². The number of hydrogen-bond acceptors (Lipinski definition) is 3.